The Kier molecular flexibility index (Phi) is 3.63. The molecule has 3 heteroatoms. The predicted octanol–water partition coefficient (Wildman–Crippen LogP) is 4.38. The lowest BCUT2D eigenvalue weighted by Gasteiger charge is -2.17. The van der Waals surface area contributed by atoms with Gasteiger partial charge in [0.05, 0.1) is 0 Å². The van der Waals surface area contributed by atoms with Crippen LogP contribution in [-0.2, 0) is 4.57 Å². The van der Waals surface area contributed by atoms with Crippen molar-refractivity contribution in [3.05, 3.63) is 90.7 Å². The average molecular weight is 332 g/mol. The largest absolute Gasteiger partial charge is 0.456 e. The van der Waals surface area contributed by atoms with Gasteiger partial charge in [0.25, 0.3) is 0 Å². The van der Waals surface area contributed by atoms with Crippen LogP contribution in [0.2, 0.25) is 0 Å². The summed E-state index contributed by atoms with van der Waals surface area (Å²) in [4.78, 5) is 0. The highest BCUT2D eigenvalue weighted by Gasteiger charge is 2.35. The number of hydrogen-bond donors (Lipinski definition) is 0. The number of benzene rings is 3. The van der Waals surface area contributed by atoms with Gasteiger partial charge in [0.15, 0.2) is 5.50 Å². The van der Waals surface area contributed by atoms with Gasteiger partial charge in [-0.2, -0.15) is 0 Å². The smallest absolute Gasteiger partial charge is 0.205 e. The van der Waals surface area contributed by atoms with Gasteiger partial charge in [-0.05, 0) is 6.92 Å². The van der Waals surface area contributed by atoms with E-state index < -0.39 is 7.14 Å². The molecule has 0 saturated heterocycles. The lowest BCUT2D eigenvalue weighted by atomic mass is 10.2. The molecule has 3 aromatic carbocycles. The Morgan fingerprint density at radius 1 is 0.667 bits per heavy atom. The number of hydrogen-bond acceptors (Lipinski definition) is 2. The number of fused-ring (bicyclic) bond motifs is 1. The first-order chi connectivity index (χ1) is 11.7. The van der Waals surface area contributed by atoms with Crippen LogP contribution >= 0.6 is 7.14 Å². The molecule has 0 aliphatic rings. The maximum Gasteiger partial charge on any atom is 0.205 e. The molecule has 1 heterocycles. The van der Waals surface area contributed by atoms with Gasteiger partial charge in [-0.25, -0.2) is 0 Å². The minimum absolute atomic E-state index is 0.563. The second kappa shape index (κ2) is 5.81. The standard InChI is InChI=1S/C21H17O2P/c1-16-19-14-8-9-15-20(19)21(23-16)24(22,17-10-4-2-5-11-17)18-12-6-3-7-13-18/h2-15H,1H3. The van der Waals surface area contributed by atoms with E-state index in [1.54, 1.807) is 0 Å². The van der Waals surface area contributed by atoms with Gasteiger partial charge in [-0.3, -0.25) is 0 Å². The van der Waals surface area contributed by atoms with Crippen LogP contribution in [0.4, 0.5) is 0 Å². The summed E-state index contributed by atoms with van der Waals surface area (Å²) in [5.41, 5.74) is 0.563. The monoisotopic (exact) mass is 332 g/mol. The van der Waals surface area contributed by atoms with Crippen LogP contribution in [-0.4, -0.2) is 0 Å². The van der Waals surface area contributed by atoms with Crippen LogP contribution in [0.25, 0.3) is 10.8 Å². The fourth-order valence-corrected chi connectivity index (χ4v) is 5.88. The summed E-state index contributed by atoms with van der Waals surface area (Å²) in [7, 11) is -3.07. The topological polar surface area (TPSA) is 30.2 Å². The number of rotatable bonds is 3. The van der Waals surface area contributed by atoms with Crippen LogP contribution < -0.4 is 16.1 Å². The summed E-state index contributed by atoms with van der Waals surface area (Å²) < 4.78 is 20.4. The van der Waals surface area contributed by atoms with Crippen molar-refractivity contribution in [2.45, 2.75) is 6.92 Å². The predicted molar refractivity (Wildman–Crippen MR) is 100 cm³/mol. The van der Waals surface area contributed by atoms with Crippen molar-refractivity contribution in [2.75, 3.05) is 0 Å². The molecule has 4 rings (SSSR count). The Morgan fingerprint density at radius 2 is 1.12 bits per heavy atom. The van der Waals surface area contributed by atoms with E-state index in [1.807, 2.05) is 91.9 Å². The van der Waals surface area contributed by atoms with Gasteiger partial charge in [0, 0.05) is 21.4 Å². The maximum atomic E-state index is 14.4. The molecule has 2 nitrogen and oxygen atoms in total. The van der Waals surface area contributed by atoms with Crippen LogP contribution in [0.15, 0.2) is 89.3 Å². The van der Waals surface area contributed by atoms with E-state index in [9.17, 15) is 4.57 Å². The zero-order valence-corrected chi connectivity index (χ0v) is 14.2. The van der Waals surface area contributed by atoms with Crippen molar-refractivity contribution in [1.29, 1.82) is 0 Å². The lowest BCUT2D eigenvalue weighted by molar-refractivity contribution is 0.552. The SMILES string of the molecule is Cc1oc(P(=O)(c2ccccc2)c2ccccc2)c2ccccc12. The normalized spacial score (nSPS) is 11.7. The minimum atomic E-state index is -3.07. The molecule has 0 spiro atoms. The van der Waals surface area contributed by atoms with Crippen LogP contribution in [0.5, 0.6) is 0 Å². The fourth-order valence-electron chi connectivity index (χ4n) is 3.12. The lowest BCUT2D eigenvalue weighted by Crippen LogP contribution is -2.24. The fraction of sp³-hybridized carbons (Fsp3) is 0.0476. The number of furan rings is 1. The second-order valence-electron chi connectivity index (χ2n) is 5.79. The maximum absolute atomic E-state index is 14.4. The van der Waals surface area contributed by atoms with Crippen molar-refractivity contribution in [2.24, 2.45) is 0 Å². The molecule has 0 saturated carbocycles. The molecule has 0 atom stereocenters. The van der Waals surface area contributed by atoms with E-state index in [1.165, 1.54) is 0 Å². The summed E-state index contributed by atoms with van der Waals surface area (Å²) >= 11 is 0. The van der Waals surface area contributed by atoms with E-state index in [0.717, 1.165) is 27.1 Å². The summed E-state index contributed by atoms with van der Waals surface area (Å²) in [6.45, 7) is 1.92. The van der Waals surface area contributed by atoms with E-state index >= 15 is 0 Å². The molecule has 0 radical (unpaired) electrons. The first-order valence-electron chi connectivity index (χ1n) is 7.91. The molecule has 1 aromatic heterocycles. The molecule has 0 unspecified atom stereocenters. The summed E-state index contributed by atoms with van der Waals surface area (Å²) in [5, 5.41) is 3.51. The molecule has 4 aromatic rings. The van der Waals surface area contributed by atoms with E-state index in [4.69, 9.17) is 4.42 Å². The third-order valence-corrected chi connectivity index (χ3v) is 7.27. The molecule has 0 fully saturated rings. The zero-order valence-electron chi connectivity index (χ0n) is 13.3. The Balaban J connectivity index is 2.09. The summed E-state index contributed by atoms with van der Waals surface area (Å²) in [6, 6.07) is 27.2. The quantitative estimate of drug-likeness (QED) is 0.521. The molecule has 24 heavy (non-hydrogen) atoms. The first-order valence-corrected chi connectivity index (χ1v) is 9.62. The van der Waals surface area contributed by atoms with Gasteiger partial charge in [0.1, 0.15) is 5.76 Å². The Hall–Kier alpha value is -2.57. The third kappa shape index (κ3) is 2.23. The van der Waals surface area contributed by atoms with Crippen molar-refractivity contribution >= 4 is 34.0 Å². The minimum Gasteiger partial charge on any atom is -0.456 e. The third-order valence-electron chi connectivity index (χ3n) is 4.31. The molecule has 0 bridgehead atoms. The first kappa shape index (κ1) is 15.0. The Morgan fingerprint density at radius 3 is 1.67 bits per heavy atom. The zero-order chi connectivity index (χ0) is 16.6. The van der Waals surface area contributed by atoms with Crippen LogP contribution in [0.1, 0.15) is 5.76 Å². The molecule has 0 aliphatic carbocycles. The van der Waals surface area contributed by atoms with E-state index in [-0.39, 0.29) is 0 Å². The highest BCUT2D eigenvalue weighted by Crippen LogP contribution is 2.45. The van der Waals surface area contributed by atoms with Crippen LogP contribution in [0, 0.1) is 6.92 Å². The Labute approximate surface area is 141 Å². The molecule has 0 aliphatic heterocycles. The van der Waals surface area contributed by atoms with Crippen molar-refractivity contribution in [1.82, 2.24) is 0 Å². The highest BCUT2D eigenvalue weighted by molar-refractivity contribution is 7.85. The summed E-state index contributed by atoms with van der Waals surface area (Å²) in [5.74, 6) is 0.799. The Bertz CT molecular complexity index is 990. The van der Waals surface area contributed by atoms with Crippen LogP contribution in [0.3, 0.4) is 0 Å². The van der Waals surface area contributed by atoms with Gasteiger partial charge < -0.3 is 8.98 Å². The molecular weight excluding hydrogens is 315 g/mol. The average Bonchev–Trinajstić information content (AvgIpc) is 3.00. The molecular formula is C21H17O2P. The number of aryl methyl sites for hydroxylation is 1. The molecule has 0 N–H and O–H groups in total. The van der Waals surface area contributed by atoms with E-state index in [2.05, 4.69) is 0 Å². The molecule has 0 amide bonds. The van der Waals surface area contributed by atoms with Crippen molar-refractivity contribution < 1.29 is 8.98 Å². The van der Waals surface area contributed by atoms with Gasteiger partial charge >= 0.3 is 0 Å². The van der Waals surface area contributed by atoms with Gasteiger partial charge in [-0.15, -0.1) is 0 Å². The van der Waals surface area contributed by atoms with E-state index in [0.29, 0.717) is 5.50 Å². The van der Waals surface area contributed by atoms with Crippen molar-refractivity contribution in [3.8, 4) is 0 Å². The molecule has 118 valence electrons. The highest BCUT2D eigenvalue weighted by atomic mass is 31.2. The van der Waals surface area contributed by atoms with Gasteiger partial charge in [-0.1, -0.05) is 84.9 Å². The summed E-state index contributed by atoms with van der Waals surface area (Å²) in [6.07, 6.45) is 0. The second-order valence-corrected chi connectivity index (χ2v) is 8.45. The van der Waals surface area contributed by atoms with Crippen molar-refractivity contribution in [3.63, 3.8) is 0 Å². The van der Waals surface area contributed by atoms with Gasteiger partial charge in [0.2, 0.25) is 7.14 Å².